The van der Waals surface area contributed by atoms with E-state index in [1.54, 1.807) is 22.9 Å². The number of fused-ring (bicyclic) bond motifs is 1. The van der Waals surface area contributed by atoms with E-state index in [1.165, 1.54) is 13.8 Å². The zero-order valence-electron chi connectivity index (χ0n) is 14.9. The van der Waals surface area contributed by atoms with Gasteiger partial charge in [-0.15, -0.1) is 0 Å². The van der Waals surface area contributed by atoms with Crippen molar-refractivity contribution in [3.05, 3.63) is 52.2 Å². The molecule has 0 unspecified atom stereocenters. The molecule has 0 saturated heterocycles. The van der Waals surface area contributed by atoms with Gasteiger partial charge in [-0.2, -0.15) is 8.78 Å². The van der Waals surface area contributed by atoms with Crippen molar-refractivity contribution in [1.82, 2.24) is 14.1 Å². The van der Waals surface area contributed by atoms with E-state index in [9.17, 15) is 18.4 Å². The number of nitrogens with one attached hydrogen (secondary N) is 1. The third-order valence-electron chi connectivity index (χ3n) is 4.74. The molecule has 1 aliphatic rings. The van der Waals surface area contributed by atoms with Crippen LogP contribution in [0.25, 0.3) is 16.6 Å². The van der Waals surface area contributed by atoms with Gasteiger partial charge in [0.1, 0.15) is 5.82 Å². The van der Waals surface area contributed by atoms with Gasteiger partial charge in [0.15, 0.2) is 0 Å². The van der Waals surface area contributed by atoms with Crippen molar-refractivity contribution in [2.24, 2.45) is 0 Å². The Balaban J connectivity index is 1.95. The van der Waals surface area contributed by atoms with Crippen molar-refractivity contribution in [3.63, 3.8) is 0 Å². The molecule has 1 amide bonds. The molecular formula is C19H18F2N4O2. The summed E-state index contributed by atoms with van der Waals surface area (Å²) in [6.45, 7) is -0.0113. The molecule has 3 heterocycles. The van der Waals surface area contributed by atoms with Crippen LogP contribution in [0.2, 0.25) is 0 Å². The van der Waals surface area contributed by atoms with Crippen LogP contribution in [-0.2, 0) is 4.79 Å². The van der Waals surface area contributed by atoms with Crippen LogP contribution >= 0.6 is 0 Å². The maximum atomic E-state index is 13.3. The zero-order valence-corrected chi connectivity index (χ0v) is 14.9. The van der Waals surface area contributed by atoms with Gasteiger partial charge in [0.2, 0.25) is 5.91 Å². The number of halogens is 2. The molecule has 3 aromatic rings. The Morgan fingerprint density at radius 2 is 2.04 bits per heavy atom. The van der Waals surface area contributed by atoms with E-state index in [-0.39, 0.29) is 11.5 Å². The molecule has 1 aliphatic carbocycles. The molecule has 0 spiro atoms. The van der Waals surface area contributed by atoms with Gasteiger partial charge < -0.3 is 9.88 Å². The lowest BCUT2D eigenvalue weighted by molar-refractivity contribution is -0.114. The second-order valence-corrected chi connectivity index (χ2v) is 6.87. The summed E-state index contributed by atoms with van der Waals surface area (Å²) in [4.78, 5) is 27.6. The molecule has 27 heavy (non-hydrogen) atoms. The minimum atomic E-state index is -2.92. The monoisotopic (exact) mass is 372 g/mol. The Morgan fingerprint density at radius 1 is 1.30 bits per heavy atom. The van der Waals surface area contributed by atoms with E-state index in [4.69, 9.17) is 0 Å². The maximum Gasteiger partial charge on any atom is 0.321 e. The molecule has 140 valence electrons. The van der Waals surface area contributed by atoms with E-state index in [1.807, 2.05) is 6.20 Å². The van der Waals surface area contributed by atoms with Crippen molar-refractivity contribution in [2.45, 2.75) is 39.2 Å². The first kappa shape index (κ1) is 17.4. The minimum Gasteiger partial charge on any atom is -0.315 e. The average Bonchev–Trinajstić information content (AvgIpc) is 3.37. The molecular weight excluding hydrogens is 354 g/mol. The highest BCUT2D eigenvalue weighted by Crippen LogP contribution is 2.44. The summed E-state index contributed by atoms with van der Waals surface area (Å²) in [7, 11) is 0. The van der Waals surface area contributed by atoms with Crippen LogP contribution < -0.4 is 10.9 Å². The van der Waals surface area contributed by atoms with Gasteiger partial charge in [0.25, 0.3) is 5.56 Å². The molecule has 1 saturated carbocycles. The van der Waals surface area contributed by atoms with Gasteiger partial charge in [-0.05, 0) is 37.3 Å². The van der Waals surface area contributed by atoms with Gasteiger partial charge in [-0.3, -0.25) is 14.2 Å². The Hall–Kier alpha value is -3.03. The van der Waals surface area contributed by atoms with Crippen molar-refractivity contribution in [1.29, 1.82) is 0 Å². The quantitative estimate of drug-likeness (QED) is 0.759. The standard InChI is InChI=1S/C19H18F2N4O2/c1-10-5-13(8-25(18(10)27)19(20)21)24-9-15(12-3-4-12)14-7-22-17(6-16(14)24)23-11(2)26/h5-9,12,19H,3-4H2,1-2H3,(H,22,23,26). The van der Waals surface area contributed by atoms with Crippen molar-refractivity contribution < 1.29 is 13.6 Å². The van der Waals surface area contributed by atoms with Gasteiger partial charge in [-0.25, -0.2) is 4.98 Å². The topological polar surface area (TPSA) is 68.9 Å². The molecule has 1 fully saturated rings. The number of carbonyl (C=O) groups is 1. The van der Waals surface area contributed by atoms with Gasteiger partial charge >= 0.3 is 6.55 Å². The first-order valence-corrected chi connectivity index (χ1v) is 8.65. The summed E-state index contributed by atoms with van der Waals surface area (Å²) < 4.78 is 28.7. The van der Waals surface area contributed by atoms with Crippen LogP contribution in [0.3, 0.4) is 0 Å². The summed E-state index contributed by atoms with van der Waals surface area (Å²) in [5, 5.41) is 3.56. The number of hydrogen-bond acceptors (Lipinski definition) is 3. The number of rotatable bonds is 4. The normalized spacial score (nSPS) is 14.1. The van der Waals surface area contributed by atoms with Crippen molar-refractivity contribution >= 4 is 22.6 Å². The summed E-state index contributed by atoms with van der Waals surface area (Å²) in [5.41, 5.74) is 1.82. The molecule has 6 nitrogen and oxygen atoms in total. The van der Waals surface area contributed by atoms with Crippen LogP contribution in [0.1, 0.15) is 43.4 Å². The highest BCUT2D eigenvalue weighted by molar-refractivity contribution is 5.92. The van der Waals surface area contributed by atoms with Crippen LogP contribution in [0, 0.1) is 6.92 Å². The number of carbonyl (C=O) groups excluding carboxylic acids is 1. The lowest BCUT2D eigenvalue weighted by atomic mass is 10.1. The van der Waals surface area contributed by atoms with E-state index in [0.29, 0.717) is 22.0 Å². The predicted molar refractivity (Wildman–Crippen MR) is 97.6 cm³/mol. The van der Waals surface area contributed by atoms with E-state index in [2.05, 4.69) is 10.3 Å². The number of hydrogen-bond donors (Lipinski definition) is 1. The summed E-state index contributed by atoms with van der Waals surface area (Å²) in [6, 6.07) is 3.31. The number of aromatic nitrogens is 3. The fourth-order valence-electron chi connectivity index (χ4n) is 3.33. The highest BCUT2D eigenvalue weighted by Gasteiger charge is 2.28. The Labute approximate surface area is 153 Å². The Kier molecular flexibility index (Phi) is 4.05. The number of alkyl halides is 2. The van der Waals surface area contributed by atoms with Crippen LogP contribution in [0.5, 0.6) is 0 Å². The van der Waals surface area contributed by atoms with Gasteiger partial charge in [0.05, 0.1) is 11.2 Å². The van der Waals surface area contributed by atoms with Gasteiger partial charge in [-0.1, -0.05) is 0 Å². The first-order valence-electron chi connectivity index (χ1n) is 8.65. The average molecular weight is 372 g/mol. The number of nitrogens with zero attached hydrogens (tertiary/aromatic N) is 3. The lowest BCUT2D eigenvalue weighted by Gasteiger charge is -2.11. The summed E-state index contributed by atoms with van der Waals surface area (Å²) in [5.74, 6) is 0.560. The number of pyridine rings is 2. The van der Waals surface area contributed by atoms with Crippen molar-refractivity contribution in [3.8, 4) is 5.69 Å². The molecule has 4 rings (SSSR count). The van der Waals surface area contributed by atoms with Crippen molar-refractivity contribution in [2.75, 3.05) is 5.32 Å². The molecule has 0 aromatic carbocycles. The molecule has 0 atom stereocenters. The Morgan fingerprint density at radius 3 is 2.67 bits per heavy atom. The van der Waals surface area contributed by atoms with Crippen LogP contribution in [-0.4, -0.2) is 20.0 Å². The Bertz CT molecular complexity index is 1110. The largest absolute Gasteiger partial charge is 0.321 e. The third kappa shape index (κ3) is 3.11. The van der Waals surface area contributed by atoms with Crippen LogP contribution in [0.15, 0.2) is 35.5 Å². The lowest BCUT2D eigenvalue weighted by Crippen LogP contribution is -2.23. The molecule has 8 heteroatoms. The predicted octanol–water partition coefficient (Wildman–Crippen LogP) is 3.73. The van der Waals surface area contributed by atoms with E-state index >= 15 is 0 Å². The fourth-order valence-corrected chi connectivity index (χ4v) is 3.33. The number of anilines is 1. The molecule has 0 radical (unpaired) electrons. The summed E-state index contributed by atoms with van der Waals surface area (Å²) in [6.07, 6.45) is 6.91. The zero-order chi connectivity index (χ0) is 19.3. The fraction of sp³-hybridized carbons (Fsp3) is 0.316. The summed E-state index contributed by atoms with van der Waals surface area (Å²) >= 11 is 0. The SMILES string of the molecule is CC(=O)Nc1cc2c(cn1)c(C1CC1)cn2-c1cc(C)c(=O)n(C(F)F)c1. The number of aryl methyl sites for hydroxylation is 1. The molecule has 3 aromatic heterocycles. The maximum absolute atomic E-state index is 13.3. The third-order valence-corrected chi connectivity index (χ3v) is 4.74. The first-order chi connectivity index (χ1) is 12.8. The number of amides is 1. The second kappa shape index (κ2) is 6.29. The van der Waals surface area contributed by atoms with E-state index in [0.717, 1.165) is 35.5 Å². The highest BCUT2D eigenvalue weighted by atomic mass is 19.3. The second-order valence-electron chi connectivity index (χ2n) is 6.87. The van der Waals surface area contributed by atoms with E-state index < -0.39 is 12.1 Å². The minimum absolute atomic E-state index is 0.235. The molecule has 0 aliphatic heterocycles. The van der Waals surface area contributed by atoms with Crippen LogP contribution in [0.4, 0.5) is 14.6 Å². The van der Waals surface area contributed by atoms with Gasteiger partial charge in [0, 0.05) is 42.5 Å². The molecule has 1 N–H and O–H groups in total. The smallest absolute Gasteiger partial charge is 0.315 e. The molecule has 0 bridgehead atoms.